The maximum atomic E-state index is 13.6. The van der Waals surface area contributed by atoms with E-state index in [1.54, 1.807) is 5.57 Å². The number of Topliss-reactive ketones (excluding diaryl/α,β-unsaturated/α-hetero) is 1. The molecule has 4 aliphatic rings. The van der Waals surface area contributed by atoms with Gasteiger partial charge in [0.1, 0.15) is 6.10 Å². The predicted molar refractivity (Wildman–Crippen MR) is 134 cm³/mol. The van der Waals surface area contributed by atoms with Crippen molar-refractivity contribution in [2.24, 2.45) is 46.3 Å². The first-order valence-electron chi connectivity index (χ1n) is 13.9. The largest absolute Gasteiger partial charge is 0.463 e. The lowest BCUT2D eigenvalue weighted by Crippen LogP contribution is -2.49. The molecule has 0 aromatic rings. The smallest absolute Gasteiger partial charge is 0.302 e. The highest BCUT2D eigenvalue weighted by Gasteiger charge is 2.58. The first-order chi connectivity index (χ1) is 15.5. The molecule has 0 aromatic heterocycles. The lowest BCUT2D eigenvalue weighted by atomic mass is 9.48. The Morgan fingerprint density at radius 3 is 2.45 bits per heavy atom. The molecule has 0 unspecified atom stereocenters. The number of carbonyl (C=O) groups is 2. The fraction of sp³-hybridized carbons (Fsp3) is 0.867. The number of allylic oxidation sites excluding steroid dienone is 2. The highest BCUT2D eigenvalue weighted by Crippen LogP contribution is 2.65. The molecule has 0 spiro atoms. The Morgan fingerprint density at radius 2 is 1.79 bits per heavy atom. The molecule has 3 nitrogen and oxygen atoms in total. The fourth-order valence-electron chi connectivity index (χ4n) is 8.55. The topological polar surface area (TPSA) is 43.4 Å². The number of ketones is 1. The summed E-state index contributed by atoms with van der Waals surface area (Å²) in [7, 11) is 0. The zero-order valence-corrected chi connectivity index (χ0v) is 22.3. The van der Waals surface area contributed by atoms with Crippen LogP contribution in [0.1, 0.15) is 113 Å². The van der Waals surface area contributed by atoms with Crippen LogP contribution in [0.15, 0.2) is 11.1 Å². The summed E-state index contributed by atoms with van der Waals surface area (Å²) < 4.78 is 5.61. The quantitative estimate of drug-likeness (QED) is 0.388. The first-order valence-corrected chi connectivity index (χ1v) is 13.9. The second-order valence-corrected chi connectivity index (χ2v) is 13.2. The zero-order valence-electron chi connectivity index (χ0n) is 22.3. The van der Waals surface area contributed by atoms with Gasteiger partial charge >= 0.3 is 5.97 Å². The number of esters is 1. The SMILES string of the molecule is CC(=O)O[C@H]1CC[C@@]2(C)[C@@H](CCC3=C4C(=O)C[C@H]([C@H](C)CC[C@H](C)C(C)C)[C@@]4(C)CC[C@@H]32)C1. The van der Waals surface area contributed by atoms with Gasteiger partial charge in [-0.05, 0) is 91.3 Å². The van der Waals surface area contributed by atoms with Crippen LogP contribution in [0.5, 0.6) is 0 Å². The van der Waals surface area contributed by atoms with Crippen LogP contribution < -0.4 is 0 Å². The van der Waals surface area contributed by atoms with Crippen molar-refractivity contribution in [1.29, 1.82) is 0 Å². The van der Waals surface area contributed by atoms with Crippen LogP contribution in [0.25, 0.3) is 0 Å². The molecule has 186 valence electrons. The van der Waals surface area contributed by atoms with E-state index in [-0.39, 0.29) is 22.9 Å². The monoisotopic (exact) mass is 456 g/mol. The summed E-state index contributed by atoms with van der Waals surface area (Å²) in [5.41, 5.74) is 3.16. The van der Waals surface area contributed by atoms with E-state index in [4.69, 9.17) is 4.74 Å². The average molecular weight is 457 g/mol. The Labute approximate surface area is 202 Å². The molecule has 0 aliphatic heterocycles. The molecule has 3 fully saturated rings. The predicted octanol–water partition coefficient (Wildman–Crippen LogP) is 7.53. The Morgan fingerprint density at radius 1 is 1.06 bits per heavy atom. The summed E-state index contributed by atoms with van der Waals surface area (Å²) in [6, 6.07) is 0. The van der Waals surface area contributed by atoms with Crippen molar-refractivity contribution in [2.45, 2.75) is 119 Å². The lowest BCUT2D eigenvalue weighted by molar-refractivity contribution is -0.152. The van der Waals surface area contributed by atoms with E-state index in [0.717, 1.165) is 50.4 Å². The van der Waals surface area contributed by atoms with Crippen molar-refractivity contribution >= 4 is 11.8 Å². The van der Waals surface area contributed by atoms with Gasteiger partial charge in [0.05, 0.1) is 0 Å². The number of fused-ring (bicyclic) bond motifs is 4. The van der Waals surface area contributed by atoms with E-state index in [1.807, 2.05) is 0 Å². The third kappa shape index (κ3) is 4.36. The zero-order chi connectivity index (χ0) is 24.1. The maximum Gasteiger partial charge on any atom is 0.302 e. The minimum absolute atomic E-state index is 0.0849. The van der Waals surface area contributed by atoms with Gasteiger partial charge in [0.25, 0.3) is 0 Å². The van der Waals surface area contributed by atoms with Crippen LogP contribution in [-0.4, -0.2) is 17.9 Å². The van der Waals surface area contributed by atoms with E-state index >= 15 is 0 Å². The number of ether oxygens (including phenoxy) is 1. The molecule has 4 rings (SSSR count). The fourth-order valence-corrected chi connectivity index (χ4v) is 8.55. The average Bonchev–Trinajstić information content (AvgIpc) is 3.02. The summed E-state index contributed by atoms with van der Waals surface area (Å²) >= 11 is 0. The van der Waals surface area contributed by atoms with Gasteiger partial charge in [-0.3, -0.25) is 9.59 Å². The van der Waals surface area contributed by atoms with Crippen molar-refractivity contribution in [3.8, 4) is 0 Å². The van der Waals surface area contributed by atoms with Crippen molar-refractivity contribution in [1.82, 2.24) is 0 Å². The van der Waals surface area contributed by atoms with Crippen LogP contribution in [0, 0.1) is 46.3 Å². The molecule has 0 bridgehead atoms. The molecule has 33 heavy (non-hydrogen) atoms. The molecular formula is C30H48O3. The van der Waals surface area contributed by atoms with Crippen molar-refractivity contribution < 1.29 is 14.3 Å². The Bertz CT molecular complexity index is 809. The van der Waals surface area contributed by atoms with Gasteiger partial charge in [0.2, 0.25) is 0 Å². The van der Waals surface area contributed by atoms with Gasteiger partial charge in [-0.15, -0.1) is 0 Å². The van der Waals surface area contributed by atoms with E-state index < -0.39 is 0 Å². The third-order valence-corrected chi connectivity index (χ3v) is 11.0. The first kappa shape index (κ1) is 25.0. The number of hydrogen-bond donors (Lipinski definition) is 0. The van der Waals surface area contributed by atoms with Gasteiger partial charge < -0.3 is 4.74 Å². The van der Waals surface area contributed by atoms with Crippen molar-refractivity contribution in [2.75, 3.05) is 0 Å². The summed E-state index contributed by atoms with van der Waals surface area (Å²) in [4.78, 5) is 25.1. The van der Waals surface area contributed by atoms with E-state index in [1.165, 1.54) is 38.2 Å². The van der Waals surface area contributed by atoms with Crippen molar-refractivity contribution in [3.63, 3.8) is 0 Å². The molecule has 0 aromatic carbocycles. The summed E-state index contributed by atoms with van der Waals surface area (Å²) in [5, 5.41) is 0. The normalized spacial score (nSPS) is 40.2. The summed E-state index contributed by atoms with van der Waals surface area (Å²) in [5.74, 6) is 4.10. The van der Waals surface area contributed by atoms with E-state index in [9.17, 15) is 9.59 Å². The van der Waals surface area contributed by atoms with E-state index in [2.05, 4.69) is 41.5 Å². The van der Waals surface area contributed by atoms with Gasteiger partial charge in [-0.2, -0.15) is 0 Å². The number of hydrogen-bond acceptors (Lipinski definition) is 3. The molecule has 0 saturated heterocycles. The van der Waals surface area contributed by atoms with Gasteiger partial charge in [-0.25, -0.2) is 0 Å². The van der Waals surface area contributed by atoms with Gasteiger partial charge in [-0.1, -0.05) is 60.0 Å². The molecule has 0 radical (unpaired) electrons. The summed E-state index contributed by atoms with van der Waals surface area (Å²) in [6.07, 6.45) is 11.1. The summed E-state index contributed by atoms with van der Waals surface area (Å²) in [6.45, 7) is 15.9. The molecule has 3 heteroatoms. The van der Waals surface area contributed by atoms with Crippen molar-refractivity contribution in [3.05, 3.63) is 11.1 Å². The maximum absolute atomic E-state index is 13.6. The lowest BCUT2D eigenvalue weighted by Gasteiger charge is -2.56. The van der Waals surface area contributed by atoms with Crippen LogP contribution in [0.4, 0.5) is 0 Å². The second-order valence-electron chi connectivity index (χ2n) is 13.2. The Balaban J connectivity index is 1.55. The highest BCUT2D eigenvalue weighted by atomic mass is 16.5. The number of carbonyl (C=O) groups excluding carboxylic acids is 2. The molecule has 0 heterocycles. The highest BCUT2D eigenvalue weighted by molar-refractivity contribution is 6.00. The molecular weight excluding hydrogens is 408 g/mol. The molecule has 8 atom stereocenters. The van der Waals surface area contributed by atoms with Crippen LogP contribution >= 0.6 is 0 Å². The minimum atomic E-state index is -0.143. The van der Waals surface area contributed by atoms with Gasteiger partial charge in [0, 0.05) is 18.9 Å². The van der Waals surface area contributed by atoms with Crippen LogP contribution in [0.2, 0.25) is 0 Å². The molecule has 0 N–H and O–H groups in total. The van der Waals surface area contributed by atoms with Gasteiger partial charge in [0.15, 0.2) is 5.78 Å². The minimum Gasteiger partial charge on any atom is -0.463 e. The standard InChI is InChI=1S/C30H48O3/c1-18(2)19(3)8-9-20(4)26-17-27(32)28-24-11-10-22-16-23(33-21(5)31)12-14-29(22,6)25(24)13-15-30(26,28)7/h18-20,22-23,25-26H,8-17H2,1-7H3/t19-,20+,22-,23-,25-,26+,29-,30+/m0/s1. The Kier molecular flexibility index (Phi) is 6.93. The third-order valence-electron chi connectivity index (χ3n) is 11.0. The van der Waals surface area contributed by atoms with Crippen LogP contribution in [0.3, 0.4) is 0 Å². The Hall–Kier alpha value is -1.12. The van der Waals surface area contributed by atoms with Crippen LogP contribution in [-0.2, 0) is 14.3 Å². The second kappa shape index (κ2) is 9.15. The van der Waals surface area contributed by atoms with E-state index in [0.29, 0.717) is 29.5 Å². The molecule has 3 saturated carbocycles. The molecule has 0 amide bonds. The molecule has 4 aliphatic carbocycles. The number of rotatable bonds is 6.